The number of carbonyl (C=O) groups excluding carboxylic acids is 1. The number of nitrogens with one attached hydrogen (secondary N) is 1. The minimum absolute atomic E-state index is 0. The number of rotatable bonds is 5. The summed E-state index contributed by atoms with van der Waals surface area (Å²) in [6, 6.07) is 5.66. The number of anilines is 2. The number of amides is 1. The maximum absolute atomic E-state index is 12.4. The van der Waals surface area contributed by atoms with E-state index in [0.717, 1.165) is 30.0 Å². The number of nitrogens with two attached hydrogens (primary N) is 1. The molecule has 2 rings (SSSR count). The molecule has 3 nitrogen and oxygen atoms in total. The van der Waals surface area contributed by atoms with Crippen molar-refractivity contribution < 1.29 is 4.79 Å². The average Bonchev–Trinajstić information content (AvgIpc) is 2.49. The molecule has 1 aromatic carbocycles. The van der Waals surface area contributed by atoms with Crippen LogP contribution in [0.4, 0.5) is 11.4 Å². The maximum Gasteiger partial charge on any atom is 0.227 e. The molecule has 1 saturated carbocycles. The van der Waals surface area contributed by atoms with Crippen molar-refractivity contribution in [2.24, 2.45) is 11.8 Å². The largest absolute Gasteiger partial charge is 0.399 e. The first-order valence-corrected chi connectivity index (χ1v) is 8.27. The van der Waals surface area contributed by atoms with E-state index < -0.39 is 0 Å². The van der Waals surface area contributed by atoms with Gasteiger partial charge in [0, 0.05) is 17.3 Å². The van der Waals surface area contributed by atoms with E-state index in [1.165, 1.54) is 32.1 Å². The number of benzene rings is 1. The highest BCUT2D eigenvalue weighted by Gasteiger charge is 2.26. The molecule has 1 fully saturated rings. The second-order valence-corrected chi connectivity index (χ2v) is 6.42. The van der Waals surface area contributed by atoms with Crippen LogP contribution in [0.1, 0.15) is 57.4 Å². The van der Waals surface area contributed by atoms with Gasteiger partial charge in [-0.2, -0.15) is 0 Å². The van der Waals surface area contributed by atoms with Gasteiger partial charge in [0.25, 0.3) is 0 Å². The summed E-state index contributed by atoms with van der Waals surface area (Å²) < 4.78 is 0. The summed E-state index contributed by atoms with van der Waals surface area (Å²) in [5, 5.41) is 3.06. The maximum atomic E-state index is 12.4. The molecule has 0 saturated heterocycles. The Morgan fingerprint density at radius 1 is 1.27 bits per heavy atom. The van der Waals surface area contributed by atoms with Crippen LogP contribution in [0.25, 0.3) is 0 Å². The standard InChI is InChI=1S/C18H28N2O.ClH/c1-3-4-5-14-7-9-15(10-8-14)18(21)20-17-12-16(19)11-6-13(17)2;/h6,11-12,14-15H,3-5,7-10,19H2,1-2H3,(H,20,21);1H. The van der Waals surface area contributed by atoms with E-state index >= 15 is 0 Å². The summed E-state index contributed by atoms with van der Waals surface area (Å²) in [6.07, 6.45) is 8.39. The highest BCUT2D eigenvalue weighted by molar-refractivity contribution is 5.93. The molecule has 0 atom stereocenters. The fourth-order valence-corrected chi connectivity index (χ4v) is 3.22. The lowest BCUT2D eigenvalue weighted by Gasteiger charge is -2.28. The van der Waals surface area contributed by atoms with Crippen molar-refractivity contribution in [1.29, 1.82) is 0 Å². The first-order valence-electron chi connectivity index (χ1n) is 8.27. The molecule has 0 bridgehead atoms. The molecule has 22 heavy (non-hydrogen) atoms. The summed E-state index contributed by atoms with van der Waals surface area (Å²) in [7, 11) is 0. The predicted octanol–water partition coefficient (Wildman–Crippen LogP) is 4.93. The van der Waals surface area contributed by atoms with Crippen molar-refractivity contribution in [3.05, 3.63) is 23.8 Å². The van der Waals surface area contributed by atoms with Gasteiger partial charge >= 0.3 is 0 Å². The van der Waals surface area contributed by atoms with E-state index in [0.29, 0.717) is 5.69 Å². The van der Waals surface area contributed by atoms with Gasteiger partial charge in [0.15, 0.2) is 0 Å². The van der Waals surface area contributed by atoms with E-state index in [-0.39, 0.29) is 24.2 Å². The van der Waals surface area contributed by atoms with E-state index in [9.17, 15) is 4.79 Å². The second-order valence-electron chi connectivity index (χ2n) is 6.42. The summed E-state index contributed by atoms with van der Waals surface area (Å²) in [5.41, 5.74) is 8.41. The Kier molecular flexibility index (Phi) is 7.74. The molecule has 1 amide bonds. The summed E-state index contributed by atoms with van der Waals surface area (Å²) in [4.78, 5) is 12.4. The molecule has 0 heterocycles. The smallest absolute Gasteiger partial charge is 0.227 e. The lowest BCUT2D eigenvalue weighted by Crippen LogP contribution is -2.27. The molecule has 0 spiro atoms. The van der Waals surface area contributed by atoms with Crippen molar-refractivity contribution in [1.82, 2.24) is 0 Å². The summed E-state index contributed by atoms with van der Waals surface area (Å²) in [5.74, 6) is 1.17. The molecule has 0 radical (unpaired) electrons. The predicted molar refractivity (Wildman–Crippen MR) is 96.4 cm³/mol. The number of aryl methyl sites for hydroxylation is 1. The van der Waals surface area contributed by atoms with Crippen molar-refractivity contribution in [2.45, 2.75) is 58.8 Å². The third-order valence-electron chi connectivity index (χ3n) is 4.70. The van der Waals surface area contributed by atoms with E-state index in [1.54, 1.807) is 0 Å². The fourth-order valence-electron chi connectivity index (χ4n) is 3.22. The van der Waals surface area contributed by atoms with Gasteiger partial charge in [-0.05, 0) is 56.2 Å². The Balaban J connectivity index is 0.00000242. The topological polar surface area (TPSA) is 55.1 Å². The van der Waals surface area contributed by atoms with Gasteiger partial charge in [0.05, 0.1) is 0 Å². The zero-order valence-electron chi connectivity index (χ0n) is 13.7. The van der Waals surface area contributed by atoms with Crippen LogP contribution in [0, 0.1) is 18.8 Å². The van der Waals surface area contributed by atoms with Crippen molar-refractivity contribution >= 4 is 29.7 Å². The Hall–Kier alpha value is -1.22. The van der Waals surface area contributed by atoms with Gasteiger partial charge in [-0.1, -0.05) is 32.3 Å². The fraction of sp³-hybridized carbons (Fsp3) is 0.611. The number of hydrogen-bond donors (Lipinski definition) is 2. The van der Waals surface area contributed by atoms with Crippen LogP contribution in [-0.4, -0.2) is 5.91 Å². The van der Waals surface area contributed by atoms with Crippen LogP contribution in [0.15, 0.2) is 18.2 Å². The van der Waals surface area contributed by atoms with Gasteiger partial charge < -0.3 is 11.1 Å². The van der Waals surface area contributed by atoms with Crippen molar-refractivity contribution in [3.8, 4) is 0 Å². The van der Waals surface area contributed by atoms with E-state index in [1.807, 2.05) is 25.1 Å². The Morgan fingerprint density at radius 2 is 1.95 bits per heavy atom. The van der Waals surface area contributed by atoms with Crippen LogP contribution in [0.3, 0.4) is 0 Å². The van der Waals surface area contributed by atoms with Crippen LogP contribution < -0.4 is 11.1 Å². The molecule has 124 valence electrons. The molecule has 3 N–H and O–H groups in total. The van der Waals surface area contributed by atoms with Crippen molar-refractivity contribution in [2.75, 3.05) is 11.1 Å². The summed E-state index contributed by atoms with van der Waals surface area (Å²) >= 11 is 0. The Labute approximate surface area is 140 Å². The molecule has 1 aliphatic rings. The highest BCUT2D eigenvalue weighted by Crippen LogP contribution is 2.32. The second kappa shape index (κ2) is 9.04. The van der Waals surface area contributed by atoms with Crippen LogP contribution in [-0.2, 0) is 4.79 Å². The molecule has 1 aliphatic carbocycles. The lowest BCUT2D eigenvalue weighted by atomic mass is 9.79. The molecular formula is C18H29ClN2O. The highest BCUT2D eigenvalue weighted by atomic mass is 35.5. The van der Waals surface area contributed by atoms with Gasteiger partial charge in [-0.3, -0.25) is 4.79 Å². The van der Waals surface area contributed by atoms with Crippen LogP contribution >= 0.6 is 12.4 Å². The SMILES string of the molecule is CCCCC1CCC(C(=O)Nc2cc(N)ccc2C)CC1.Cl. The minimum atomic E-state index is 0. The Morgan fingerprint density at radius 3 is 2.59 bits per heavy atom. The quantitative estimate of drug-likeness (QED) is 0.754. The van der Waals surface area contributed by atoms with Crippen molar-refractivity contribution in [3.63, 3.8) is 0 Å². The molecule has 0 aliphatic heterocycles. The Bertz CT molecular complexity index is 482. The van der Waals surface area contributed by atoms with Gasteiger partial charge in [0.1, 0.15) is 0 Å². The zero-order chi connectivity index (χ0) is 15.2. The molecule has 4 heteroatoms. The minimum Gasteiger partial charge on any atom is -0.399 e. The van der Waals surface area contributed by atoms with E-state index in [4.69, 9.17) is 5.73 Å². The molecule has 0 unspecified atom stereocenters. The third kappa shape index (κ3) is 5.20. The molecule has 1 aromatic rings. The molecular weight excluding hydrogens is 296 g/mol. The number of halogens is 1. The first kappa shape index (κ1) is 18.8. The van der Waals surface area contributed by atoms with Crippen LogP contribution in [0.5, 0.6) is 0 Å². The number of nitrogen functional groups attached to an aromatic ring is 1. The monoisotopic (exact) mass is 324 g/mol. The number of hydrogen-bond acceptors (Lipinski definition) is 2. The third-order valence-corrected chi connectivity index (χ3v) is 4.70. The lowest BCUT2D eigenvalue weighted by molar-refractivity contribution is -0.121. The number of unbranched alkanes of at least 4 members (excludes halogenated alkanes) is 1. The zero-order valence-corrected chi connectivity index (χ0v) is 14.5. The van der Waals surface area contributed by atoms with Gasteiger partial charge in [-0.15, -0.1) is 12.4 Å². The van der Waals surface area contributed by atoms with Gasteiger partial charge in [0.2, 0.25) is 5.91 Å². The van der Waals surface area contributed by atoms with E-state index in [2.05, 4.69) is 12.2 Å². The first-order chi connectivity index (χ1) is 10.1. The normalized spacial score (nSPS) is 21.0. The average molecular weight is 325 g/mol. The van der Waals surface area contributed by atoms with Gasteiger partial charge in [-0.25, -0.2) is 0 Å². The summed E-state index contributed by atoms with van der Waals surface area (Å²) in [6.45, 7) is 4.24. The molecule has 0 aromatic heterocycles. The van der Waals surface area contributed by atoms with Crippen LogP contribution in [0.2, 0.25) is 0 Å². The number of carbonyl (C=O) groups is 1.